The molecule has 2 fully saturated rings. The highest BCUT2D eigenvalue weighted by Gasteiger charge is 2.28. The van der Waals surface area contributed by atoms with Gasteiger partial charge in [0.05, 0.1) is 10.4 Å². The lowest BCUT2D eigenvalue weighted by Gasteiger charge is -2.36. The van der Waals surface area contributed by atoms with Crippen molar-refractivity contribution in [2.24, 2.45) is 11.8 Å². The molecule has 0 spiro atoms. The molecule has 3 heterocycles. The lowest BCUT2D eigenvalue weighted by molar-refractivity contribution is -0.123. The summed E-state index contributed by atoms with van der Waals surface area (Å²) in [6, 6.07) is 8.49. The molecular weight excluding hydrogens is 416 g/mol. The summed E-state index contributed by atoms with van der Waals surface area (Å²) in [7, 11) is 2.21. The summed E-state index contributed by atoms with van der Waals surface area (Å²) >= 11 is 1.64. The standard InChI is InChI=1S/C26H32N4OS/c1-29-8-10-30(11-9-29)17-19-2-4-20(5-3-19)25(31)14-24-13-23-12-21(26-16-27-18-32-26)6-7-22(23)15-28-24/h6-7,12-13,15-16,18-20H,2-5,8-11,14,17H2,1H3. The van der Waals surface area contributed by atoms with E-state index in [-0.39, 0.29) is 5.92 Å². The topological polar surface area (TPSA) is 49.3 Å². The maximum Gasteiger partial charge on any atom is 0.141 e. The number of benzene rings is 1. The predicted molar refractivity (Wildman–Crippen MR) is 131 cm³/mol. The molecule has 2 aromatic heterocycles. The van der Waals surface area contributed by atoms with E-state index < -0.39 is 0 Å². The lowest BCUT2D eigenvalue weighted by atomic mass is 9.79. The molecule has 1 saturated heterocycles. The maximum atomic E-state index is 13.0. The molecule has 0 radical (unpaired) electrons. The number of Topliss-reactive ketones (excluding diaryl/α,β-unsaturated/α-hetero) is 1. The van der Waals surface area contributed by atoms with Crippen LogP contribution in [0.1, 0.15) is 31.4 Å². The largest absolute Gasteiger partial charge is 0.304 e. The average Bonchev–Trinajstić information content (AvgIpc) is 3.36. The summed E-state index contributed by atoms with van der Waals surface area (Å²) in [5.74, 6) is 1.33. The molecule has 1 aromatic carbocycles. The van der Waals surface area contributed by atoms with Crippen LogP contribution in [0.25, 0.3) is 21.2 Å². The van der Waals surface area contributed by atoms with E-state index >= 15 is 0 Å². The van der Waals surface area contributed by atoms with E-state index in [2.05, 4.69) is 51.1 Å². The second-order valence-electron chi connectivity index (χ2n) is 9.57. The van der Waals surface area contributed by atoms with Crippen LogP contribution >= 0.6 is 11.3 Å². The van der Waals surface area contributed by atoms with Crippen molar-refractivity contribution in [1.29, 1.82) is 0 Å². The Morgan fingerprint density at radius 1 is 1.03 bits per heavy atom. The summed E-state index contributed by atoms with van der Waals surface area (Å²) in [4.78, 5) is 28.0. The van der Waals surface area contributed by atoms with Crippen LogP contribution in [0.4, 0.5) is 0 Å². The minimum absolute atomic E-state index is 0.208. The smallest absolute Gasteiger partial charge is 0.141 e. The molecule has 5 rings (SSSR count). The second-order valence-corrected chi connectivity index (χ2v) is 10.5. The summed E-state index contributed by atoms with van der Waals surface area (Å²) in [5, 5.41) is 2.25. The fourth-order valence-corrected chi connectivity index (χ4v) is 5.80. The van der Waals surface area contributed by atoms with E-state index in [0.29, 0.717) is 12.2 Å². The van der Waals surface area contributed by atoms with E-state index in [0.717, 1.165) is 40.1 Å². The van der Waals surface area contributed by atoms with Crippen molar-refractivity contribution in [3.05, 3.63) is 47.9 Å². The van der Waals surface area contributed by atoms with Gasteiger partial charge in [-0.25, -0.2) is 0 Å². The van der Waals surface area contributed by atoms with E-state index in [1.54, 1.807) is 11.3 Å². The van der Waals surface area contributed by atoms with Gasteiger partial charge in [-0.1, -0.05) is 12.1 Å². The van der Waals surface area contributed by atoms with Crippen LogP contribution in [0.15, 0.2) is 42.2 Å². The molecule has 0 unspecified atom stereocenters. The fourth-order valence-electron chi connectivity index (χ4n) is 5.18. The van der Waals surface area contributed by atoms with Crippen LogP contribution in [0, 0.1) is 11.8 Å². The third-order valence-electron chi connectivity index (χ3n) is 7.26. The quantitative estimate of drug-likeness (QED) is 0.555. The van der Waals surface area contributed by atoms with Gasteiger partial charge in [0.15, 0.2) is 0 Å². The normalized spacial score (nSPS) is 22.9. The molecule has 0 bridgehead atoms. The Balaban J connectivity index is 1.17. The minimum Gasteiger partial charge on any atom is -0.304 e. The zero-order chi connectivity index (χ0) is 21.9. The Bertz CT molecular complexity index is 1050. The summed E-state index contributed by atoms with van der Waals surface area (Å²) < 4.78 is 0. The van der Waals surface area contributed by atoms with Gasteiger partial charge in [-0.3, -0.25) is 14.8 Å². The molecule has 0 amide bonds. The molecule has 3 aromatic rings. The molecule has 1 aliphatic heterocycles. The molecule has 5 nitrogen and oxygen atoms in total. The molecule has 1 aliphatic carbocycles. The summed E-state index contributed by atoms with van der Waals surface area (Å²) in [6.45, 7) is 5.95. The fraction of sp³-hybridized carbons (Fsp3) is 0.500. The number of aromatic nitrogens is 2. The molecule has 0 atom stereocenters. The highest BCUT2D eigenvalue weighted by molar-refractivity contribution is 7.13. The van der Waals surface area contributed by atoms with Crippen LogP contribution in [-0.4, -0.2) is 65.3 Å². The first-order valence-corrected chi connectivity index (χ1v) is 12.7. The van der Waals surface area contributed by atoms with E-state index in [4.69, 9.17) is 0 Å². The van der Waals surface area contributed by atoms with E-state index in [1.807, 2.05) is 17.9 Å². The SMILES string of the molecule is CN1CCN(CC2CCC(C(=O)Cc3cc4cc(-c5cncs5)ccc4cn3)CC2)CC1. The van der Waals surface area contributed by atoms with Gasteiger partial charge >= 0.3 is 0 Å². The second kappa shape index (κ2) is 9.77. The molecule has 168 valence electrons. The van der Waals surface area contributed by atoms with Gasteiger partial charge in [-0.2, -0.15) is 0 Å². The number of rotatable bonds is 6. The van der Waals surface area contributed by atoms with E-state index in [9.17, 15) is 4.79 Å². The number of hydrogen-bond donors (Lipinski definition) is 0. The molecule has 0 N–H and O–H groups in total. The molecule has 6 heteroatoms. The lowest BCUT2D eigenvalue weighted by Crippen LogP contribution is -2.46. The Kier molecular flexibility index (Phi) is 6.62. The average molecular weight is 449 g/mol. The van der Waals surface area contributed by atoms with Crippen LogP contribution in [0.5, 0.6) is 0 Å². The van der Waals surface area contributed by atoms with Crippen molar-refractivity contribution in [1.82, 2.24) is 19.8 Å². The Hall–Kier alpha value is -2.15. The number of carbonyl (C=O) groups is 1. The van der Waals surface area contributed by atoms with Gasteiger partial charge in [0, 0.05) is 68.5 Å². The van der Waals surface area contributed by atoms with Crippen molar-refractivity contribution < 1.29 is 4.79 Å². The number of hydrogen-bond acceptors (Lipinski definition) is 6. The van der Waals surface area contributed by atoms with Gasteiger partial charge in [0.2, 0.25) is 0 Å². The first-order chi connectivity index (χ1) is 15.6. The summed E-state index contributed by atoms with van der Waals surface area (Å²) in [5.41, 5.74) is 3.92. The van der Waals surface area contributed by atoms with Gasteiger partial charge in [-0.05, 0) is 61.7 Å². The van der Waals surface area contributed by atoms with Crippen LogP contribution in [0.2, 0.25) is 0 Å². The van der Waals surface area contributed by atoms with Gasteiger partial charge < -0.3 is 9.80 Å². The van der Waals surface area contributed by atoms with Crippen molar-refractivity contribution in [2.45, 2.75) is 32.1 Å². The minimum atomic E-state index is 0.208. The van der Waals surface area contributed by atoms with Gasteiger partial charge in [0.1, 0.15) is 5.78 Å². The third kappa shape index (κ3) is 5.08. The number of likely N-dealkylation sites (N-methyl/N-ethyl adjacent to an activating group) is 1. The Morgan fingerprint density at radius 3 is 2.59 bits per heavy atom. The van der Waals surface area contributed by atoms with Crippen molar-refractivity contribution >= 4 is 27.9 Å². The van der Waals surface area contributed by atoms with E-state index in [1.165, 1.54) is 51.1 Å². The molecule has 32 heavy (non-hydrogen) atoms. The van der Waals surface area contributed by atoms with Crippen LogP contribution < -0.4 is 0 Å². The first kappa shape index (κ1) is 21.7. The van der Waals surface area contributed by atoms with Crippen molar-refractivity contribution in [2.75, 3.05) is 39.8 Å². The van der Waals surface area contributed by atoms with Crippen molar-refractivity contribution in [3.63, 3.8) is 0 Å². The zero-order valence-electron chi connectivity index (χ0n) is 18.9. The summed E-state index contributed by atoms with van der Waals surface area (Å²) in [6.07, 6.45) is 8.71. The van der Waals surface area contributed by atoms with Gasteiger partial charge in [0.25, 0.3) is 0 Å². The number of nitrogens with zero attached hydrogens (tertiary/aromatic N) is 4. The van der Waals surface area contributed by atoms with Crippen LogP contribution in [0.3, 0.4) is 0 Å². The molecule has 1 saturated carbocycles. The Morgan fingerprint density at radius 2 is 1.84 bits per heavy atom. The number of carbonyl (C=O) groups excluding carboxylic acids is 1. The maximum absolute atomic E-state index is 13.0. The Labute approximate surface area is 194 Å². The molecular formula is C26H32N4OS. The van der Waals surface area contributed by atoms with Gasteiger partial charge in [-0.15, -0.1) is 11.3 Å². The number of thiazole rings is 1. The number of ketones is 1. The first-order valence-electron chi connectivity index (χ1n) is 11.9. The van der Waals surface area contributed by atoms with Crippen LogP contribution in [-0.2, 0) is 11.2 Å². The zero-order valence-corrected chi connectivity index (χ0v) is 19.7. The highest BCUT2D eigenvalue weighted by atomic mass is 32.1. The number of fused-ring (bicyclic) bond motifs is 1. The van der Waals surface area contributed by atoms with Crippen molar-refractivity contribution in [3.8, 4) is 10.4 Å². The highest BCUT2D eigenvalue weighted by Crippen LogP contribution is 2.31. The number of pyridine rings is 1. The monoisotopic (exact) mass is 448 g/mol. The molecule has 2 aliphatic rings. The number of piperazine rings is 1. The predicted octanol–water partition coefficient (Wildman–Crippen LogP) is 4.52. The third-order valence-corrected chi connectivity index (χ3v) is 8.09.